The molecule has 2 saturated heterocycles. The van der Waals surface area contributed by atoms with Gasteiger partial charge >= 0.3 is 0 Å². The van der Waals surface area contributed by atoms with E-state index in [-0.39, 0.29) is 11.8 Å². The molecule has 0 radical (unpaired) electrons. The summed E-state index contributed by atoms with van der Waals surface area (Å²) in [5.74, 6) is 1.61. The van der Waals surface area contributed by atoms with Gasteiger partial charge in [-0.3, -0.25) is 9.69 Å². The summed E-state index contributed by atoms with van der Waals surface area (Å²) in [4.78, 5) is 25.7. The summed E-state index contributed by atoms with van der Waals surface area (Å²) in [6.07, 6.45) is 5.92. The number of carbonyl (C=O) groups is 1. The lowest BCUT2D eigenvalue weighted by Crippen LogP contribution is -2.44. The van der Waals surface area contributed by atoms with Gasteiger partial charge in [-0.25, -0.2) is 9.98 Å². The molecule has 1 amide bonds. The van der Waals surface area contributed by atoms with Crippen LogP contribution in [-0.2, 0) is 11.3 Å². The maximum atomic E-state index is 11.5. The number of primary amides is 1. The predicted octanol–water partition coefficient (Wildman–Crippen LogP) is 1.32. The number of amides is 1. The lowest BCUT2D eigenvalue weighted by molar-refractivity contribution is -0.122. The Kier molecular flexibility index (Phi) is 8.30. The molecule has 8 heteroatoms. The highest BCUT2D eigenvalue weighted by Crippen LogP contribution is 2.25. The number of pyridine rings is 1. The number of carbonyl (C=O) groups excluding carboxylic acids is 1. The second kappa shape index (κ2) is 11.2. The minimum absolute atomic E-state index is 0.0192. The van der Waals surface area contributed by atoms with Crippen molar-refractivity contribution >= 4 is 17.7 Å². The van der Waals surface area contributed by atoms with Crippen LogP contribution in [0.1, 0.15) is 45.1 Å². The van der Waals surface area contributed by atoms with Gasteiger partial charge in [0.15, 0.2) is 5.96 Å². The molecule has 0 saturated carbocycles. The largest absolute Gasteiger partial charge is 0.369 e. The number of hydrogen-bond donors (Lipinski definition) is 3. The number of nitrogens with zero attached hydrogens (tertiary/aromatic N) is 4. The van der Waals surface area contributed by atoms with Gasteiger partial charge in [0.05, 0.1) is 6.54 Å². The zero-order valence-corrected chi connectivity index (χ0v) is 18.4. The minimum Gasteiger partial charge on any atom is -0.369 e. The van der Waals surface area contributed by atoms with E-state index in [9.17, 15) is 4.79 Å². The van der Waals surface area contributed by atoms with Crippen LogP contribution in [0.5, 0.6) is 0 Å². The molecule has 166 valence electrons. The third kappa shape index (κ3) is 5.84. The molecule has 1 aromatic heterocycles. The number of nitrogens with one attached hydrogen (secondary N) is 2. The second-order valence-electron chi connectivity index (χ2n) is 8.15. The Morgan fingerprint density at radius 3 is 2.73 bits per heavy atom. The van der Waals surface area contributed by atoms with Crippen molar-refractivity contribution in [2.45, 2.75) is 52.1 Å². The van der Waals surface area contributed by atoms with Crippen molar-refractivity contribution in [3.8, 4) is 0 Å². The molecule has 4 N–H and O–H groups in total. The van der Waals surface area contributed by atoms with E-state index in [0.717, 1.165) is 62.9 Å². The van der Waals surface area contributed by atoms with E-state index in [4.69, 9.17) is 10.7 Å². The number of piperidine rings is 1. The maximum Gasteiger partial charge on any atom is 0.220 e. The molecule has 0 aliphatic carbocycles. The average molecular weight is 416 g/mol. The standard InChI is InChI=1S/C22H37N7O/c1-3-24-22(27-16-19-8-6-12-28(19)4-2)26-15-18-7-5-11-25-21(18)29-13-9-17(10-14-29)20(23)30/h5,7,11,17,19H,3-4,6,8-10,12-16H2,1-2H3,(H2,23,30)(H2,24,26,27). The van der Waals surface area contributed by atoms with Crippen LogP contribution in [0, 0.1) is 5.92 Å². The van der Waals surface area contributed by atoms with Gasteiger partial charge in [-0.15, -0.1) is 0 Å². The molecular formula is C22H37N7O. The molecule has 1 atom stereocenters. The second-order valence-corrected chi connectivity index (χ2v) is 8.15. The number of aromatic nitrogens is 1. The molecule has 8 nitrogen and oxygen atoms in total. The molecule has 3 rings (SSSR count). The van der Waals surface area contributed by atoms with Crippen LogP contribution in [0.3, 0.4) is 0 Å². The first kappa shape index (κ1) is 22.3. The third-order valence-corrected chi connectivity index (χ3v) is 6.23. The molecule has 1 aromatic rings. The summed E-state index contributed by atoms with van der Waals surface area (Å²) in [7, 11) is 0. The average Bonchev–Trinajstić information content (AvgIpc) is 3.23. The van der Waals surface area contributed by atoms with Crippen molar-refractivity contribution in [3.63, 3.8) is 0 Å². The van der Waals surface area contributed by atoms with Crippen LogP contribution >= 0.6 is 0 Å². The van der Waals surface area contributed by atoms with E-state index in [2.05, 4.69) is 45.3 Å². The normalized spacial score (nSPS) is 21.1. The van der Waals surface area contributed by atoms with Crippen molar-refractivity contribution in [2.75, 3.05) is 44.2 Å². The van der Waals surface area contributed by atoms with Crippen LogP contribution < -0.4 is 21.3 Å². The first-order valence-corrected chi connectivity index (χ1v) is 11.4. The number of hydrogen-bond acceptors (Lipinski definition) is 5. The van der Waals surface area contributed by atoms with Gasteiger partial charge in [-0.1, -0.05) is 13.0 Å². The quantitative estimate of drug-likeness (QED) is 0.438. The van der Waals surface area contributed by atoms with Gasteiger partial charge in [0.2, 0.25) is 5.91 Å². The van der Waals surface area contributed by atoms with Gasteiger partial charge in [-0.05, 0) is 51.8 Å². The minimum atomic E-state index is -0.189. The first-order chi connectivity index (χ1) is 14.6. The van der Waals surface area contributed by atoms with Gasteiger partial charge in [0.25, 0.3) is 0 Å². The number of rotatable bonds is 8. The summed E-state index contributed by atoms with van der Waals surface area (Å²) >= 11 is 0. The van der Waals surface area contributed by atoms with Gasteiger partial charge in [0, 0.05) is 49.9 Å². The van der Waals surface area contributed by atoms with E-state index < -0.39 is 0 Å². The lowest BCUT2D eigenvalue weighted by Gasteiger charge is -2.32. The summed E-state index contributed by atoms with van der Waals surface area (Å²) in [5.41, 5.74) is 6.57. The topological polar surface area (TPSA) is 98.9 Å². The molecule has 2 fully saturated rings. The first-order valence-electron chi connectivity index (χ1n) is 11.4. The summed E-state index contributed by atoms with van der Waals surface area (Å²) in [5, 5.41) is 6.89. The van der Waals surface area contributed by atoms with Crippen LogP contribution in [0.15, 0.2) is 23.3 Å². The van der Waals surface area contributed by atoms with E-state index in [1.165, 1.54) is 19.4 Å². The number of likely N-dealkylation sites (N-methyl/N-ethyl adjacent to an activating group) is 1. The van der Waals surface area contributed by atoms with E-state index in [0.29, 0.717) is 12.6 Å². The molecule has 2 aliphatic heterocycles. The Morgan fingerprint density at radius 1 is 1.23 bits per heavy atom. The molecule has 30 heavy (non-hydrogen) atoms. The predicted molar refractivity (Wildman–Crippen MR) is 121 cm³/mol. The van der Waals surface area contributed by atoms with Crippen LogP contribution in [0.2, 0.25) is 0 Å². The Morgan fingerprint density at radius 2 is 2.03 bits per heavy atom. The smallest absolute Gasteiger partial charge is 0.220 e. The van der Waals surface area contributed by atoms with Gasteiger partial charge in [0.1, 0.15) is 5.82 Å². The van der Waals surface area contributed by atoms with Crippen LogP contribution in [0.25, 0.3) is 0 Å². The number of likely N-dealkylation sites (tertiary alicyclic amines) is 1. The van der Waals surface area contributed by atoms with Gasteiger partial charge in [-0.2, -0.15) is 0 Å². The van der Waals surface area contributed by atoms with Crippen LogP contribution in [-0.4, -0.2) is 67.1 Å². The summed E-state index contributed by atoms with van der Waals surface area (Å²) < 4.78 is 0. The SMILES string of the molecule is CCNC(=NCc1cccnc1N1CCC(C(N)=O)CC1)NCC1CCCN1CC. The Balaban J connectivity index is 1.62. The molecule has 0 spiro atoms. The zero-order valence-electron chi connectivity index (χ0n) is 18.4. The Labute approximate surface area is 180 Å². The fourth-order valence-electron chi connectivity index (χ4n) is 4.48. The maximum absolute atomic E-state index is 11.5. The van der Waals surface area contributed by atoms with E-state index >= 15 is 0 Å². The van der Waals surface area contributed by atoms with Crippen molar-refractivity contribution < 1.29 is 4.79 Å². The highest BCUT2D eigenvalue weighted by Gasteiger charge is 2.25. The molecule has 3 heterocycles. The fraction of sp³-hybridized carbons (Fsp3) is 0.682. The molecular weight excluding hydrogens is 378 g/mol. The number of aliphatic imine (C=N–C) groups is 1. The Bertz CT molecular complexity index is 715. The Hall–Kier alpha value is -2.35. The number of nitrogens with two attached hydrogens (primary N) is 1. The summed E-state index contributed by atoms with van der Waals surface area (Å²) in [6, 6.07) is 4.63. The van der Waals surface area contributed by atoms with Crippen molar-refractivity contribution in [3.05, 3.63) is 23.9 Å². The highest BCUT2D eigenvalue weighted by atomic mass is 16.1. The molecule has 1 unspecified atom stereocenters. The number of guanidine groups is 1. The molecule has 0 bridgehead atoms. The van der Waals surface area contributed by atoms with E-state index in [1.807, 2.05) is 12.3 Å². The van der Waals surface area contributed by atoms with Crippen molar-refractivity contribution in [2.24, 2.45) is 16.6 Å². The zero-order chi connectivity index (χ0) is 21.3. The molecule has 2 aliphatic rings. The highest BCUT2D eigenvalue weighted by molar-refractivity contribution is 5.80. The van der Waals surface area contributed by atoms with Gasteiger partial charge < -0.3 is 21.3 Å². The number of anilines is 1. The molecule has 0 aromatic carbocycles. The lowest BCUT2D eigenvalue weighted by atomic mass is 9.96. The van der Waals surface area contributed by atoms with Crippen LogP contribution in [0.4, 0.5) is 5.82 Å². The van der Waals surface area contributed by atoms with Crippen molar-refractivity contribution in [1.29, 1.82) is 0 Å². The third-order valence-electron chi connectivity index (χ3n) is 6.23. The monoisotopic (exact) mass is 415 g/mol. The van der Waals surface area contributed by atoms with E-state index in [1.54, 1.807) is 0 Å². The fourth-order valence-corrected chi connectivity index (χ4v) is 4.48. The summed E-state index contributed by atoms with van der Waals surface area (Å²) in [6.45, 7) is 10.5. The van der Waals surface area contributed by atoms with Crippen molar-refractivity contribution in [1.82, 2.24) is 20.5 Å².